The average molecular weight is 438 g/mol. The molecular weight excluding hydrogens is 412 g/mol. The maximum absolute atomic E-state index is 6.75. The van der Waals surface area contributed by atoms with Crippen LogP contribution in [0.5, 0.6) is 0 Å². The number of benzene rings is 4. The molecule has 1 nitrogen and oxygen atoms in total. The van der Waals surface area contributed by atoms with Crippen molar-refractivity contribution >= 4 is 0 Å². The van der Waals surface area contributed by atoms with Gasteiger partial charge in [0, 0.05) is 5.56 Å². The molecule has 0 saturated carbocycles. The van der Waals surface area contributed by atoms with E-state index in [0.29, 0.717) is 0 Å². The summed E-state index contributed by atoms with van der Waals surface area (Å²) in [7, 11) is 0. The highest BCUT2D eigenvalue weighted by atomic mass is 16.3. The van der Waals surface area contributed by atoms with E-state index in [9.17, 15) is 0 Å². The Hall–Kier alpha value is -3.97. The van der Waals surface area contributed by atoms with Crippen molar-refractivity contribution < 1.29 is 4.42 Å². The van der Waals surface area contributed by atoms with Crippen molar-refractivity contribution in [3.8, 4) is 44.9 Å². The molecule has 1 aromatic heterocycles. The minimum absolute atomic E-state index is 0.921. The molecular formula is C33H25O+. The molecule has 0 aliphatic heterocycles. The molecule has 0 radical (unpaired) electrons. The Labute approximate surface area is 200 Å². The lowest BCUT2D eigenvalue weighted by molar-refractivity contribution is 0.569. The molecule has 1 heteroatoms. The molecule has 0 saturated heterocycles. The van der Waals surface area contributed by atoms with Gasteiger partial charge in [0.05, 0.1) is 22.8 Å². The summed E-state index contributed by atoms with van der Waals surface area (Å²) in [6.07, 6.45) is 4.29. The third kappa shape index (κ3) is 3.12. The van der Waals surface area contributed by atoms with Gasteiger partial charge in [-0.05, 0) is 77.3 Å². The van der Waals surface area contributed by atoms with E-state index in [4.69, 9.17) is 4.42 Å². The van der Waals surface area contributed by atoms with Gasteiger partial charge >= 0.3 is 11.5 Å². The molecule has 34 heavy (non-hydrogen) atoms. The zero-order valence-electron chi connectivity index (χ0n) is 19.1. The standard InChI is InChI=1S/C33H25O/c1-3-9-22(10-4-1)30-21-32(24-12-5-2-6-13-24)34-33-28(30)18-17-26-19-25-16-15-23-11-7-8-14-27(23)29(25)20-31(26)33/h1-14,19-21H,15-18H2/q+1. The second-order valence-corrected chi connectivity index (χ2v) is 9.39. The Morgan fingerprint density at radius 3 is 1.91 bits per heavy atom. The van der Waals surface area contributed by atoms with E-state index in [1.165, 1.54) is 50.1 Å². The summed E-state index contributed by atoms with van der Waals surface area (Å²) >= 11 is 0. The van der Waals surface area contributed by atoms with Gasteiger partial charge < -0.3 is 0 Å². The maximum Gasteiger partial charge on any atom is 0.364 e. The molecule has 0 spiro atoms. The summed E-state index contributed by atoms with van der Waals surface area (Å²) in [6, 6.07) is 37.2. The van der Waals surface area contributed by atoms with Crippen LogP contribution in [0.1, 0.15) is 22.3 Å². The largest absolute Gasteiger partial charge is 0.364 e. The van der Waals surface area contributed by atoms with Crippen LogP contribution in [0.4, 0.5) is 0 Å². The molecule has 0 bridgehead atoms. The monoisotopic (exact) mass is 437 g/mol. The maximum atomic E-state index is 6.75. The van der Waals surface area contributed by atoms with Crippen LogP contribution in [0.15, 0.2) is 108 Å². The Morgan fingerprint density at radius 1 is 0.441 bits per heavy atom. The van der Waals surface area contributed by atoms with Crippen molar-refractivity contribution in [3.63, 3.8) is 0 Å². The first-order valence-corrected chi connectivity index (χ1v) is 12.2. The van der Waals surface area contributed by atoms with E-state index in [2.05, 4.69) is 103 Å². The van der Waals surface area contributed by atoms with Crippen LogP contribution in [-0.2, 0) is 25.7 Å². The fourth-order valence-electron chi connectivity index (χ4n) is 5.73. The summed E-state index contributed by atoms with van der Waals surface area (Å²) in [4.78, 5) is 0. The van der Waals surface area contributed by atoms with E-state index in [-0.39, 0.29) is 0 Å². The molecule has 2 aliphatic rings. The predicted octanol–water partition coefficient (Wildman–Crippen LogP) is 8.43. The average Bonchev–Trinajstić information content (AvgIpc) is 2.92. The summed E-state index contributed by atoms with van der Waals surface area (Å²) in [5, 5.41) is 0. The molecule has 0 amide bonds. The third-order valence-electron chi connectivity index (χ3n) is 7.42. The quantitative estimate of drug-likeness (QED) is 0.252. The minimum Gasteiger partial charge on any atom is -0.206 e. The Kier molecular flexibility index (Phi) is 4.48. The van der Waals surface area contributed by atoms with E-state index in [0.717, 1.165) is 42.8 Å². The smallest absolute Gasteiger partial charge is 0.206 e. The Morgan fingerprint density at radius 2 is 1.09 bits per heavy atom. The molecule has 7 rings (SSSR count). The molecule has 0 unspecified atom stereocenters. The van der Waals surface area contributed by atoms with Gasteiger partial charge in [-0.3, -0.25) is 0 Å². The zero-order valence-corrected chi connectivity index (χ0v) is 19.1. The number of rotatable bonds is 2. The van der Waals surface area contributed by atoms with Crippen LogP contribution in [0, 0.1) is 0 Å². The van der Waals surface area contributed by atoms with Gasteiger partial charge in [-0.15, -0.1) is 0 Å². The van der Waals surface area contributed by atoms with Gasteiger partial charge in [0.15, 0.2) is 0 Å². The van der Waals surface area contributed by atoms with Gasteiger partial charge in [0.2, 0.25) is 0 Å². The zero-order chi connectivity index (χ0) is 22.5. The van der Waals surface area contributed by atoms with Gasteiger partial charge in [0.1, 0.15) is 0 Å². The van der Waals surface area contributed by atoms with Crippen LogP contribution in [0.3, 0.4) is 0 Å². The highest BCUT2D eigenvalue weighted by Crippen LogP contribution is 2.45. The van der Waals surface area contributed by atoms with Crippen molar-refractivity contribution in [2.75, 3.05) is 0 Å². The number of fused-ring (bicyclic) bond motifs is 6. The van der Waals surface area contributed by atoms with Crippen molar-refractivity contribution in [1.82, 2.24) is 0 Å². The van der Waals surface area contributed by atoms with Crippen LogP contribution in [0.2, 0.25) is 0 Å². The molecule has 0 fully saturated rings. The molecule has 5 aromatic rings. The van der Waals surface area contributed by atoms with Crippen LogP contribution in [-0.4, -0.2) is 0 Å². The summed E-state index contributed by atoms with van der Waals surface area (Å²) in [6.45, 7) is 0. The molecule has 1 heterocycles. The summed E-state index contributed by atoms with van der Waals surface area (Å²) in [5.74, 6) is 1.96. The summed E-state index contributed by atoms with van der Waals surface area (Å²) in [5.41, 5.74) is 13.3. The van der Waals surface area contributed by atoms with Crippen LogP contribution < -0.4 is 0 Å². The third-order valence-corrected chi connectivity index (χ3v) is 7.42. The summed E-state index contributed by atoms with van der Waals surface area (Å²) < 4.78 is 6.75. The predicted molar refractivity (Wildman–Crippen MR) is 140 cm³/mol. The lowest BCUT2D eigenvalue weighted by Crippen LogP contribution is -2.10. The number of hydrogen-bond donors (Lipinski definition) is 0. The minimum atomic E-state index is 0.921. The highest BCUT2D eigenvalue weighted by molar-refractivity contribution is 5.85. The first kappa shape index (κ1) is 19.5. The Bertz CT molecular complexity index is 1530. The van der Waals surface area contributed by atoms with Crippen LogP contribution >= 0.6 is 0 Å². The van der Waals surface area contributed by atoms with Crippen molar-refractivity contribution in [2.24, 2.45) is 0 Å². The topological polar surface area (TPSA) is 11.3 Å². The van der Waals surface area contributed by atoms with Gasteiger partial charge in [-0.2, -0.15) is 0 Å². The van der Waals surface area contributed by atoms with Gasteiger partial charge in [-0.25, -0.2) is 4.42 Å². The fourth-order valence-corrected chi connectivity index (χ4v) is 5.73. The lowest BCUT2D eigenvalue weighted by Gasteiger charge is -2.23. The molecule has 0 N–H and O–H groups in total. The van der Waals surface area contributed by atoms with Crippen molar-refractivity contribution in [2.45, 2.75) is 25.7 Å². The van der Waals surface area contributed by atoms with E-state index >= 15 is 0 Å². The van der Waals surface area contributed by atoms with Gasteiger partial charge in [-0.1, -0.05) is 78.9 Å². The SMILES string of the molecule is c1ccc(-c2cc(-c3ccccc3)c3c([o+]2)-c2cc4c(cc2CC3)CCc2ccccc2-4)cc1. The van der Waals surface area contributed by atoms with E-state index < -0.39 is 0 Å². The normalized spacial score (nSPS) is 13.4. The second kappa shape index (κ2) is 7.81. The molecule has 0 atom stereocenters. The number of hydrogen-bond acceptors (Lipinski definition) is 0. The second-order valence-electron chi connectivity index (χ2n) is 9.39. The van der Waals surface area contributed by atoms with E-state index in [1.54, 1.807) is 0 Å². The first-order valence-electron chi connectivity index (χ1n) is 12.2. The fraction of sp³-hybridized carbons (Fsp3) is 0.121. The molecule has 162 valence electrons. The first-order chi connectivity index (χ1) is 16.8. The molecule has 4 aromatic carbocycles. The van der Waals surface area contributed by atoms with E-state index in [1.807, 2.05) is 0 Å². The number of aryl methyl sites for hydroxylation is 3. The van der Waals surface area contributed by atoms with Crippen molar-refractivity contribution in [1.29, 1.82) is 0 Å². The lowest BCUT2D eigenvalue weighted by atomic mass is 9.79. The van der Waals surface area contributed by atoms with Crippen LogP contribution in [0.25, 0.3) is 44.9 Å². The van der Waals surface area contributed by atoms with Gasteiger partial charge in [0.25, 0.3) is 0 Å². The Balaban J connectivity index is 1.49. The highest BCUT2D eigenvalue weighted by Gasteiger charge is 2.33. The molecule has 2 aliphatic carbocycles. The van der Waals surface area contributed by atoms with Crippen molar-refractivity contribution in [3.05, 3.63) is 125 Å².